The maximum atomic E-state index is 13.9. The number of nitro groups is 1. The molecule has 1 aliphatic heterocycles. The van der Waals surface area contributed by atoms with E-state index in [-0.39, 0.29) is 36.1 Å². The van der Waals surface area contributed by atoms with Gasteiger partial charge >= 0.3 is 5.69 Å². The molecule has 144 valence electrons. The van der Waals surface area contributed by atoms with Crippen molar-refractivity contribution in [2.45, 2.75) is 32.6 Å². The highest BCUT2D eigenvalue weighted by Gasteiger charge is 2.31. The Morgan fingerprint density at radius 1 is 1.37 bits per heavy atom. The minimum Gasteiger partial charge on any atom is -0.372 e. The summed E-state index contributed by atoms with van der Waals surface area (Å²) in [5.74, 6) is -0.121. The van der Waals surface area contributed by atoms with Gasteiger partial charge in [0.05, 0.1) is 17.1 Å². The Morgan fingerprint density at radius 2 is 2.07 bits per heavy atom. The van der Waals surface area contributed by atoms with Crippen molar-refractivity contribution in [3.05, 3.63) is 50.5 Å². The second-order valence-corrected chi connectivity index (χ2v) is 7.32. The van der Waals surface area contributed by atoms with E-state index in [0.717, 1.165) is 4.47 Å². The van der Waals surface area contributed by atoms with E-state index in [4.69, 9.17) is 4.74 Å². The second kappa shape index (κ2) is 8.13. The van der Waals surface area contributed by atoms with Gasteiger partial charge in [-0.05, 0) is 32.0 Å². The molecule has 2 heterocycles. The fourth-order valence-corrected chi connectivity index (χ4v) is 3.52. The van der Waals surface area contributed by atoms with Gasteiger partial charge in [-0.25, -0.2) is 14.4 Å². The van der Waals surface area contributed by atoms with Gasteiger partial charge in [-0.3, -0.25) is 10.1 Å². The standard InChI is InChI=1S/C17H19BrFN5O3/c1-10-7-23(8-11(2)27-10)17-15(24(25)26)16(21-9-22-17)20-6-12-5-13(18)3-4-14(12)19/h3-5,9-11H,6-8H2,1-2H3,(H,20,21,22). The van der Waals surface area contributed by atoms with Crippen molar-refractivity contribution in [3.63, 3.8) is 0 Å². The van der Waals surface area contributed by atoms with Crippen LogP contribution >= 0.6 is 15.9 Å². The summed E-state index contributed by atoms with van der Waals surface area (Å²) in [5.41, 5.74) is 0.140. The molecule has 0 radical (unpaired) electrons. The van der Waals surface area contributed by atoms with Crippen molar-refractivity contribution < 1.29 is 14.1 Å². The quantitative estimate of drug-likeness (QED) is 0.562. The van der Waals surface area contributed by atoms with Crippen molar-refractivity contribution in [1.29, 1.82) is 0 Å². The fourth-order valence-electron chi connectivity index (χ4n) is 3.11. The SMILES string of the molecule is CC1CN(c2ncnc(NCc3cc(Br)ccc3F)c2[N+](=O)[O-])CC(C)O1. The van der Waals surface area contributed by atoms with Crippen LogP contribution in [-0.2, 0) is 11.3 Å². The van der Waals surface area contributed by atoms with Gasteiger partial charge in [0.25, 0.3) is 0 Å². The molecule has 10 heteroatoms. The van der Waals surface area contributed by atoms with E-state index in [1.807, 2.05) is 18.7 Å². The van der Waals surface area contributed by atoms with Gasteiger partial charge in [-0.1, -0.05) is 15.9 Å². The molecule has 0 aliphatic carbocycles. The Balaban J connectivity index is 1.89. The molecule has 2 atom stereocenters. The van der Waals surface area contributed by atoms with Crippen LogP contribution in [0.2, 0.25) is 0 Å². The molecule has 3 rings (SSSR count). The molecule has 1 aliphatic rings. The number of nitrogens with one attached hydrogen (secondary N) is 1. The lowest BCUT2D eigenvalue weighted by molar-refractivity contribution is -0.383. The molecule has 2 unspecified atom stereocenters. The van der Waals surface area contributed by atoms with Gasteiger partial charge in [-0.15, -0.1) is 0 Å². The number of halogens is 2. The van der Waals surface area contributed by atoms with Crippen molar-refractivity contribution in [1.82, 2.24) is 9.97 Å². The number of morpholine rings is 1. The van der Waals surface area contributed by atoms with Gasteiger partial charge in [-0.2, -0.15) is 0 Å². The lowest BCUT2D eigenvalue weighted by Gasteiger charge is -2.35. The van der Waals surface area contributed by atoms with Gasteiger partial charge in [0.1, 0.15) is 12.1 Å². The zero-order valence-corrected chi connectivity index (χ0v) is 16.4. The summed E-state index contributed by atoms with van der Waals surface area (Å²) in [6.45, 7) is 4.85. The lowest BCUT2D eigenvalue weighted by atomic mass is 10.2. The van der Waals surface area contributed by atoms with Gasteiger partial charge in [0.2, 0.25) is 11.6 Å². The summed E-state index contributed by atoms with van der Waals surface area (Å²) in [7, 11) is 0. The highest BCUT2D eigenvalue weighted by atomic mass is 79.9. The molecule has 1 fully saturated rings. The molecule has 1 N–H and O–H groups in total. The van der Waals surface area contributed by atoms with Crippen LogP contribution in [0.25, 0.3) is 0 Å². The number of nitrogens with zero attached hydrogens (tertiary/aromatic N) is 4. The molecule has 0 bridgehead atoms. The zero-order valence-electron chi connectivity index (χ0n) is 14.9. The average Bonchev–Trinajstić information content (AvgIpc) is 2.61. The van der Waals surface area contributed by atoms with Crippen LogP contribution in [0.1, 0.15) is 19.4 Å². The van der Waals surface area contributed by atoms with Crippen LogP contribution in [0.4, 0.5) is 21.7 Å². The van der Waals surface area contributed by atoms with Crippen molar-refractivity contribution in [2.75, 3.05) is 23.3 Å². The average molecular weight is 440 g/mol. The lowest BCUT2D eigenvalue weighted by Crippen LogP contribution is -2.46. The molecule has 0 spiro atoms. The fraction of sp³-hybridized carbons (Fsp3) is 0.412. The van der Waals surface area contributed by atoms with Crippen LogP contribution < -0.4 is 10.2 Å². The minimum atomic E-state index is -0.514. The summed E-state index contributed by atoms with van der Waals surface area (Å²) in [6.07, 6.45) is 1.12. The monoisotopic (exact) mass is 439 g/mol. The van der Waals surface area contributed by atoms with Crippen molar-refractivity contribution in [2.24, 2.45) is 0 Å². The number of anilines is 2. The third kappa shape index (κ3) is 4.51. The first-order valence-electron chi connectivity index (χ1n) is 8.42. The van der Waals surface area contributed by atoms with E-state index in [2.05, 4.69) is 31.2 Å². The number of benzene rings is 1. The third-order valence-electron chi connectivity index (χ3n) is 4.16. The van der Waals surface area contributed by atoms with E-state index >= 15 is 0 Å². The number of rotatable bonds is 5. The highest BCUT2D eigenvalue weighted by molar-refractivity contribution is 9.10. The first kappa shape index (κ1) is 19.4. The third-order valence-corrected chi connectivity index (χ3v) is 4.65. The first-order chi connectivity index (χ1) is 12.8. The molecule has 1 saturated heterocycles. The largest absolute Gasteiger partial charge is 0.372 e. The van der Waals surface area contributed by atoms with E-state index in [0.29, 0.717) is 18.7 Å². The maximum absolute atomic E-state index is 13.9. The van der Waals surface area contributed by atoms with Gasteiger partial charge in [0.15, 0.2) is 0 Å². The summed E-state index contributed by atoms with van der Waals surface area (Å²) >= 11 is 3.29. The van der Waals surface area contributed by atoms with Crippen LogP contribution in [0.15, 0.2) is 29.0 Å². The normalized spacial score (nSPS) is 19.8. The summed E-state index contributed by atoms with van der Waals surface area (Å²) < 4.78 is 20.3. The van der Waals surface area contributed by atoms with Crippen LogP contribution in [0.5, 0.6) is 0 Å². The van der Waals surface area contributed by atoms with E-state index < -0.39 is 10.7 Å². The number of hydrogen-bond donors (Lipinski definition) is 1. The zero-order chi connectivity index (χ0) is 19.6. The number of aromatic nitrogens is 2. The molecule has 0 amide bonds. The number of hydrogen-bond acceptors (Lipinski definition) is 7. The molecule has 2 aromatic rings. The van der Waals surface area contributed by atoms with E-state index in [1.165, 1.54) is 12.4 Å². The summed E-state index contributed by atoms with van der Waals surface area (Å²) in [6, 6.07) is 4.53. The Hall–Kier alpha value is -2.33. The molecule has 1 aromatic heterocycles. The Bertz CT molecular complexity index is 843. The second-order valence-electron chi connectivity index (χ2n) is 6.40. The highest BCUT2D eigenvalue weighted by Crippen LogP contribution is 2.33. The predicted molar refractivity (Wildman–Crippen MR) is 102 cm³/mol. The molecular weight excluding hydrogens is 421 g/mol. The predicted octanol–water partition coefficient (Wildman–Crippen LogP) is 3.51. The summed E-state index contributed by atoms with van der Waals surface area (Å²) in [4.78, 5) is 21.2. The molecule has 27 heavy (non-hydrogen) atoms. The maximum Gasteiger partial charge on any atom is 0.353 e. The topological polar surface area (TPSA) is 93.4 Å². The van der Waals surface area contributed by atoms with Gasteiger partial charge in [0, 0.05) is 29.7 Å². The Labute approximate surface area is 164 Å². The van der Waals surface area contributed by atoms with Crippen molar-refractivity contribution in [3.8, 4) is 0 Å². The molecule has 8 nitrogen and oxygen atoms in total. The smallest absolute Gasteiger partial charge is 0.353 e. The van der Waals surface area contributed by atoms with Crippen LogP contribution in [0.3, 0.4) is 0 Å². The van der Waals surface area contributed by atoms with E-state index in [1.54, 1.807) is 12.1 Å². The van der Waals surface area contributed by atoms with Crippen LogP contribution in [-0.4, -0.2) is 40.2 Å². The van der Waals surface area contributed by atoms with Crippen LogP contribution in [0, 0.1) is 15.9 Å². The minimum absolute atomic E-state index is 0.0520. The first-order valence-corrected chi connectivity index (χ1v) is 9.22. The molecule has 0 saturated carbocycles. The summed E-state index contributed by atoms with van der Waals surface area (Å²) in [5, 5.41) is 14.6. The Morgan fingerprint density at radius 3 is 2.74 bits per heavy atom. The number of ether oxygens (including phenoxy) is 1. The molecular formula is C17H19BrFN5O3. The van der Waals surface area contributed by atoms with Crippen molar-refractivity contribution >= 4 is 33.3 Å². The Kier molecular flexibility index (Phi) is 5.85. The molecule has 1 aromatic carbocycles. The van der Waals surface area contributed by atoms with Gasteiger partial charge < -0.3 is 15.0 Å². The van der Waals surface area contributed by atoms with E-state index in [9.17, 15) is 14.5 Å².